The Balaban J connectivity index is 1.74. The van der Waals surface area contributed by atoms with Gasteiger partial charge in [-0.15, -0.1) is 0 Å². The molecule has 4 rings (SSSR count). The summed E-state index contributed by atoms with van der Waals surface area (Å²) in [7, 11) is 0. The number of rotatable bonds is 6. The summed E-state index contributed by atoms with van der Waals surface area (Å²) in [6.45, 7) is 8.38. The van der Waals surface area contributed by atoms with Crippen molar-refractivity contribution in [2.75, 3.05) is 11.5 Å². The molecule has 0 heterocycles. The van der Waals surface area contributed by atoms with Crippen LogP contribution in [0, 0.1) is 27.7 Å². The standard InChI is InChI=1S/C29H30N2O2/c1-18-13-20(3)28(32-26-9-5-24(30)6-10-26)22(15-18)17-23-16-19(2)14-21(4)29(23)33-27-11-7-25(31)8-12-27/h5-16H,17,30-31H2,1-4H3. The van der Waals surface area contributed by atoms with Gasteiger partial charge in [-0.2, -0.15) is 0 Å². The average molecular weight is 439 g/mol. The number of benzene rings is 4. The van der Waals surface area contributed by atoms with E-state index in [1.165, 1.54) is 11.1 Å². The summed E-state index contributed by atoms with van der Waals surface area (Å²) in [4.78, 5) is 0. The van der Waals surface area contributed by atoms with Crippen LogP contribution in [0.15, 0.2) is 72.8 Å². The van der Waals surface area contributed by atoms with Crippen molar-refractivity contribution in [2.24, 2.45) is 0 Å². The van der Waals surface area contributed by atoms with E-state index in [1.54, 1.807) is 0 Å². The predicted molar refractivity (Wildman–Crippen MR) is 136 cm³/mol. The van der Waals surface area contributed by atoms with Gasteiger partial charge in [-0.1, -0.05) is 35.4 Å². The second-order valence-corrected chi connectivity index (χ2v) is 8.66. The molecular formula is C29H30N2O2. The Hall–Kier alpha value is -3.92. The highest BCUT2D eigenvalue weighted by Gasteiger charge is 2.16. The van der Waals surface area contributed by atoms with Crippen molar-refractivity contribution in [3.63, 3.8) is 0 Å². The number of nitrogens with two attached hydrogens (primary N) is 2. The minimum absolute atomic E-state index is 0.680. The fraction of sp³-hybridized carbons (Fsp3) is 0.172. The molecule has 33 heavy (non-hydrogen) atoms. The molecule has 0 radical (unpaired) electrons. The van der Waals surface area contributed by atoms with Crippen molar-refractivity contribution in [3.05, 3.63) is 106 Å². The molecule has 0 unspecified atom stereocenters. The van der Waals surface area contributed by atoms with Crippen molar-refractivity contribution in [3.8, 4) is 23.0 Å². The maximum atomic E-state index is 6.34. The highest BCUT2D eigenvalue weighted by Crippen LogP contribution is 2.37. The molecule has 0 spiro atoms. The lowest BCUT2D eigenvalue weighted by Crippen LogP contribution is -2.01. The first-order valence-electron chi connectivity index (χ1n) is 11.1. The van der Waals surface area contributed by atoms with Gasteiger partial charge in [0.1, 0.15) is 23.0 Å². The summed E-state index contributed by atoms with van der Waals surface area (Å²) < 4.78 is 12.7. The molecule has 0 saturated heterocycles. The summed E-state index contributed by atoms with van der Waals surface area (Å²) in [6.07, 6.45) is 0.680. The molecule has 0 aliphatic rings. The lowest BCUT2D eigenvalue weighted by atomic mass is 9.96. The summed E-state index contributed by atoms with van der Waals surface area (Å²) in [5.74, 6) is 3.25. The molecule has 0 aromatic heterocycles. The van der Waals surface area contributed by atoms with Gasteiger partial charge in [0.2, 0.25) is 0 Å². The fourth-order valence-electron chi connectivity index (χ4n) is 4.15. The Bertz CT molecular complexity index is 1180. The van der Waals surface area contributed by atoms with Crippen LogP contribution in [0.25, 0.3) is 0 Å². The first-order chi connectivity index (χ1) is 15.8. The van der Waals surface area contributed by atoms with Crippen LogP contribution in [0.2, 0.25) is 0 Å². The normalized spacial score (nSPS) is 10.8. The Morgan fingerprint density at radius 1 is 0.545 bits per heavy atom. The highest BCUT2D eigenvalue weighted by molar-refractivity contribution is 5.54. The van der Waals surface area contributed by atoms with Crippen LogP contribution in [0.1, 0.15) is 33.4 Å². The van der Waals surface area contributed by atoms with E-state index < -0.39 is 0 Å². The fourth-order valence-corrected chi connectivity index (χ4v) is 4.15. The van der Waals surface area contributed by atoms with E-state index >= 15 is 0 Å². The van der Waals surface area contributed by atoms with Gasteiger partial charge in [0.25, 0.3) is 0 Å². The Morgan fingerprint density at radius 3 is 1.27 bits per heavy atom. The van der Waals surface area contributed by atoms with E-state index in [1.807, 2.05) is 48.5 Å². The topological polar surface area (TPSA) is 70.5 Å². The molecule has 0 fully saturated rings. The number of ether oxygens (including phenoxy) is 2. The number of nitrogen functional groups attached to an aromatic ring is 2. The summed E-state index contributed by atoms with van der Waals surface area (Å²) >= 11 is 0. The van der Waals surface area contributed by atoms with Gasteiger partial charge in [-0.3, -0.25) is 0 Å². The molecule has 0 amide bonds. The van der Waals surface area contributed by atoms with E-state index in [-0.39, 0.29) is 0 Å². The third-order valence-electron chi connectivity index (χ3n) is 5.57. The van der Waals surface area contributed by atoms with E-state index in [9.17, 15) is 0 Å². The maximum absolute atomic E-state index is 6.34. The lowest BCUT2D eigenvalue weighted by molar-refractivity contribution is 0.467. The Morgan fingerprint density at radius 2 is 0.909 bits per heavy atom. The minimum Gasteiger partial charge on any atom is -0.457 e. The molecule has 0 aliphatic heterocycles. The van der Waals surface area contributed by atoms with Gasteiger partial charge >= 0.3 is 0 Å². The van der Waals surface area contributed by atoms with E-state index in [0.717, 1.165) is 45.3 Å². The van der Waals surface area contributed by atoms with Crippen molar-refractivity contribution in [1.82, 2.24) is 0 Å². The van der Waals surface area contributed by atoms with Gasteiger partial charge in [0.15, 0.2) is 0 Å². The predicted octanol–water partition coefficient (Wildman–Crippen LogP) is 7.26. The van der Waals surface area contributed by atoms with E-state index in [2.05, 4.69) is 52.0 Å². The molecule has 0 saturated carbocycles. The minimum atomic E-state index is 0.680. The van der Waals surface area contributed by atoms with Crippen LogP contribution in [-0.4, -0.2) is 0 Å². The SMILES string of the molecule is Cc1cc(C)c(Oc2ccc(N)cc2)c(Cc2cc(C)cc(C)c2Oc2ccc(N)cc2)c1. The van der Waals surface area contributed by atoms with Gasteiger partial charge in [0.05, 0.1) is 0 Å². The van der Waals surface area contributed by atoms with Crippen LogP contribution in [0.5, 0.6) is 23.0 Å². The van der Waals surface area contributed by atoms with Crippen LogP contribution in [0.4, 0.5) is 11.4 Å². The van der Waals surface area contributed by atoms with Crippen LogP contribution in [-0.2, 0) is 6.42 Å². The summed E-state index contributed by atoms with van der Waals surface area (Å²) in [6, 6.07) is 23.6. The number of aryl methyl sites for hydroxylation is 4. The monoisotopic (exact) mass is 438 g/mol. The van der Waals surface area contributed by atoms with Crippen LogP contribution < -0.4 is 20.9 Å². The zero-order valence-corrected chi connectivity index (χ0v) is 19.6. The van der Waals surface area contributed by atoms with Gasteiger partial charge in [0, 0.05) is 17.8 Å². The average Bonchev–Trinajstić information content (AvgIpc) is 2.75. The first-order valence-corrected chi connectivity index (χ1v) is 11.1. The molecule has 0 aliphatic carbocycles. The lowest BCUT2D eigenvalue weighted by Gasteiger charge is -2.19. The Kier molecular flexibility index (Phi) is 6.27. The zero-order valence-electron chi connectivity index (χ0n) is 19.6. The van der Waals surface area contributed by atoms with Crippen molar-refractivity contribution in [1.29, 1.82) is 0 Å². The molecule has 168 valence electrons. The molecular weight excluding hydrogens is 408 g/mol. The molecule has 0 atom stereocenters. The summed E-state index contributed by atoms with van der Waals surface area (Å²) in [5, 5.41) is 0. The molecule has 4 aromatic carbocycles. The largest absolute Gasteiger partial charge is 0.457 e. The molecule has 4 aromatic rings. The molecule has 4 nitrogen and oxygen atoms in total. The highest BCUT2D eigenvalue weighted by atomic mass is 16.5. The smallest absolute Gasteiger partial charge is 0.133 e. The Labute approximate surface area is 195 Å². The second-order valence-electron chi connectivity index (χ2n) is 8.66. The first kappa shape index (κ1) is 22.3. The molecule has 4 N–H and O–H groups in total. The molecule has 4 heteroatoms. The number of hydrogen-bond acceptors (Lipinski definition) is 4. The van der Waals surface area contributed by atoms with Gasteiger partial charge < -0.3 is 20.9 Å². The quantitative estimate of drug-likeness (QED) is 0.311. The number of hydrogen-bond donors (Lipinski definition) is 2. The summed E-state index contributed by atoms with van der Waals surface area (Å²) in [5.41, 5.74) is 19.9. The van der Waals surface area contributed by atoms with Crippen molar-refractivity contribution < 1.29 is 9.47 Å². The third-order valence-corrected chi connectivity index (χ3v) is 5.57. The van der Waals surface area contributed by atoms with Gasteiger partial charge in [-0.25, -0.2) is 0 Å². The third kappa shape index (κ3) is 5.29. The van der Waals surface area contributed by atoms with Crippen molar-refractivity contribution in [2.45, 2.75) is 34.1 Å². The number of anilines is 2. The van der Waals surface area contributed by atoms with Crippen LogP contribution in [0.3, 0.4) is 0 Å². The zero-order chi connectivity index (χ0) is 23.5. The van der Waals surface area contributed by atoms with E-state index in [0.29, 0.717) is 17.8 Å². The van der Waals surface area contributed by atoms with Crippen LogP contribution >= 0.6 is 0 Å². The maximum Gasteiger partial charge on any atom is 0.133 e. The van der Waals surface area contributed by atoms with Crippen molar-refractivity contribution >= 4 is 11.4 Å². The second kappa shape index (κ2) is 9.29. The van der Waals surface area contributed by atoms with E-state index in [4.69, 9.17) is 20.9 Å². The molecule has 0 bridgehead atoms. The van der Waals surface area contributed by atoms with Gasteiger partial charge in [-0.05, 0) is 98.5 Å².